The van der Waals surface area contributed by atoms with E-state index in [0.29, 0.717) is 0 Å². The average molecular weight is 1890 g/mol. The molecule has 0 aliphatic carbocycles. The van der Waals surface area contributed by atoms with Crippen molar-refractivity contribution in [1.82, 2.24) is 37.9 Å². The van der Waals surface area contributed by atoms with E-state index in [2.05, 4.69) is 333 Å². The number of thiophene rings is 1. The van der Waals surface area contributed by atoms with Crippen molar-refractivity contribution < 1.29 is 27.8 Å². The van der Waals surface area contributed by atoms with Gasteiger partial charge in [-0.15, -0.1) is 34.7 Å². The second-order valence-electron chi connectivity index (χ2n) is 28.1. The minimum Gasteiger partial charge on any atom is -0.456 e. The smallest absolute Gasteiger partial charge is 0.247 e. The van der Waals surface area contributed by atoms with E-state index in [1.165, 1.54) is 169 Å². The van der Waals surface area contributed by atoms with Crippen LogP contribution >= 0.6 is 11.3 Å². The highest BCUT2D eigenvalue weighted by atomic mass is 32.1. The minimum absolute atomic E-state index is 0.945. The molecule has 15 heteroatoms. The zero-order valence-electron chi connectivity index (χ0n) is 97.5. The molecule has 756 valence electrons. The average Bonchev–Trinajstić information content (AvgIpc) is 1.49. The van der Waals surface area contributed by atoms with Gasteiger partial charge in [-0.25, -0.2) is 9.97 Å². The molecule has 0 saturated heterocycles. The van der Waals surface area contributed by atoms with Gasteiger partial charge in [-0.1, -0.05) is 308 Å². The molecule has 0 atom stereocenters. The molecule has 0 bridgehead atoms. The lowest BCUT2D eigenvalue weighted by molar-refractivity contribution is -0.750. The molecule has 0 aliphatic rings. The maximum atomic E-state index is 6.00. The maximum Gasteiger partial charge on any atom is 0.247 e. The van der Waals surface area contributed by atoms with Crippen LogP contribution in [0.1, 0.15) is 291 Å². The Bertz CT molecular complexity index is 6250. The number of hydrogen-bond acceptors (Lipinski definition) is 4. The molecule has 0 radical (unpaired) electrons. The van der Waals surface area contributed by atoms with E-state index in [1.807, 2.05) is 304 Å². The van der Waals surface area contributed by atoms with Crippen LogP contribution < -0.4 is 23.4 Å². The van der Waals surface area contributed by atoms with Crippen LogP contribution in [0.5, 0.6) is 0 Å². The Hall–Kier alpha value is -11.3. The fourth-order valence-corrected chi connectivity index (χ4v) is 16.6. The van der Waals surface area contributed by atoms with Gasteiger partial charge in [-0.3, -0.25) is 0 Å². The summed E-state index contributed by atoms with van der Waals surface area (Å²) in [5.41, 5.74) is 28.8. The molecule has 0 aliphatic heterocycles. The van der Waals surface area contributed by atoms with E-state index >= 15 is 0 Å². The first kappa shape index (κ1) is 132. The first-order valence-corrected chi connectivity index (χ1v) is 53.1. The van der Waals surface area contributed by atoms with Gasteiger partial charge in [0.05, 0.1) is 57.4 Å². The number of rotatable bonds is 4. The number of nitrogens with zero attached hydrogens (tertiary/aromatic N) is 13. The molecule has 9 aromatic heterocycles. The van der Waals surface area contributed by atoms with Crippen LogP contribution in [0.25, 0.3) is 142 Å². The summed E-state index contributed by atoms with van der Waals surface area (Å²) in [6.07, 6.45) is 11.7. The number of fused-ring (bicyclic) bond motifs is 15. The SMILES string of the molecule is CC.CC.CC.CC.CC.CC.CC.CC.CC.CC.CC.CC.CC.CC.CC.CC.CC.Cc1c(C)c(C)c2c(c1C)c1cccc(C)c1c1c2c(C)n(C)[n+]1C.Cc1cc2c(cc1-c1cc[n+](C)n1C)oc1ccccc12.Cc1cc2c(cc1-c1cc[n+](C)n1C)sc1ccccc12.Cc1cc2c3ccccc3n(C)c2cc1-c1cc[n+](C)n1C.Cc1cncnc1-c1cc[n+](C)n1C. The van der Waals surface area contributed by atoms with Crippen LogP contribution in [0, 0.1) is 69.2 Å². The van der Waals surface area contributed by atoms with Gasteiger partial charge in [-0.05, 0) is 185 Å². The third-order valence-corrected chi connectivity index (χ3v) is 23.5. The van der Waals surface area contributed by atoms with Crippen LogP contribution in [0.3, 0.4) is 0 Å². The number of benzene rings is 9. The zero-order valence-corrected chi connectivity index (χ0v) is 98.3. The highest BCUT2D eigenvalue weighted by molar-refractivity contribution is 7.25. The lowest BCUT2D eigenvalue weighted by Crippen LogP contribution is -2.38. The van der Waals surface area contributed by atoms with Crippen LogP contribution in [-0.4, -0.2) is 37.9 Å². The normalized spacial score (nSPS) is 9.42. The Morgan fingerprint density at radius 3 is 1.10 bits per heavy atom. The maximum absolute atomic E-state index is 6.00. The van der Waals surface area contributed by atoms with E-state index in [9.17, 15) is 0 Å². The van der Waals surface area contributed by atoms with Crippen molar-refractivity contribution in [2.75, 3.05) is 0 Å². The van der Waals surface area contributed by atoms with Crippen LogP contribution in [0.15, 0.2) is 193 Å². The monoisotopic (exact) mass is 1890 g/mol. The standard InChI is InChI=1S/C23H27N2.C19H20N3.C18H17N2O.C18H17N2S.C10H13N4.17C2H6/c1-12-10-9-11-18-19(12)23-22(17(6)24(7)25(23)8)21-16(5)14(3)13(2)15(4)20(18)21;1-13-11-16-14-7-5-6-8-17(14)21(3)19(16)12-15(13)18-9-10-20(2)22(18)4;2*1-12-10-15-13-6-4-5-7-17(13)21-18(15)11-14(12)16-8-9-19(2)20(16)3;1-8-6-11-7-12-10(8)9-4-5-13(2)14(9)3;17*1-2/h9-11H,1-8H3;5-12H,1-4H3;2*4-11H,1-3H3;4-7H,1-3H3;17*1-2H3/q5*+1;;;;;;;;;;;;;;;;;. The van der Waals surface area contributed by atoms with Crippen LogP contribution in [-0.2, 0) is 77.5 Å². The van der Waals surface area contributed by atoms with E-state index in [-0.39, 0.29) is 0 Å². The zero-order chi connectivity index (χ0) is 107. The lowest BCUT2D eigenvalue weighted by atomic mass is 9.85. The predicted octanol–water partition coefficient (Wildman–Crippen LogP) is 34.6. The molecule has 0 N–H and O–H groups in total. The Labute approximate surface area is 840 Å². The Balaban J connectivity index is -0.000000751. The second kappa shape index (κ2) is 70.4. The van der Waals surface area contributed by atoms with Gasteiger partial charge >= 0.3 is 0 Å². The molecule has 0 fully saturated rings. The van der Waals surface area contributed by atoms with Gasteiger partial charge in [0, 0.05) is 112 Å². The largest absolute Gasteiger partial charge is 0.456 e. The summed E-state index contributed by atoms with van der Waals surface area (Å²) >= 11 is 1.88. The molecule has 0 spiro atoms. The predicted molar refractivity (Wildman–Crippen MR) is 617 cm³/mol. The highest BCUT2D eigenvalue weighted by Gasteiger charge is 2.28. The molecule has 0 amide bonds. The summed E-state index contributed by atoms with van der Waals surface area (Å²) in [6.45, 7) is 90.2. The molecule has 14 nitrogen and oxygen atoms in total. The number of hydrogen-bond donors (Lipinski definition) is 0. The quantitative estimate of drug-likeness (QED) is 0.130. The summed E-state index contributed by atoms with van der Waals surface area (Å²) in [6, 6.07) is 54.4. The third-order valence-electron chi connectivity index (χ3n) is 22.3. The van der Waals surface area contributed by atoms with Crippen molar-refractivity contribution >= 4 is 108 Å². The lowest BCUT2D eigenvalue weighted by Gasteiger charge is -2.17. The Kier molecular flexibility index (Phi) is 67.8. The fourth-order valence-electron chi connectivity index (χ4n) is 15.4. The molecule has 18 aromatic rings. The van der Waals surface area contributed by atoms with Crippen LogP contribution in [0.2, 0.25) is 0 Å². The first-order valence-electron chi connectivity index (χ1n) is 52.3. The molecule has 0 saturated carbocycles. The number of aromatic nitrogens is 13. The molecular weight excluding hydrogens is 1700 g/mol. The summed E-state index contributed by atoms with van der Waals surface area (Å²) in [4.78, 5) is 8.26. The molecule has 137 heavy (non-hydrogen) atoms. The Morgan fingerprint density at radius 1 is 0.277 bits per heavy atom. The molecular formula is C122H196N13OS+5. The van der Waals surface area contributed by atoms with Crippen molar-refractivity contribution in [3.63, 3.8) is 0 Å². The third kappa shape index (κ3) is 30.9. The van der Waals surface area contributed by atoms with E-state index in [0.717, 1.165) is 28.1 Å². The number of aryl methyl sites for hydroxylation is 14. The van der Waals surface area contributed by atoms with E-state index < -0.39 is 0 Å². The van der Waals surface area contributed by atoms with Gasteiger partial charge in [-0.2, -0.15) is 23.4 Å². The van der Waals surface area contributed by atoms with Crippen molar-refractivity contribution in [2.45, 2.75) is 305 Å². The Morgan fingerprint density at radius 2 is 0.657 bits per heavy atom. The first-order chi connectivity index (χ1) is 66.3. The topological polar surface area (TPSA) is 87.9 Å². The van der Waals surface area contributed by atoms with Crippen molar-refractivity contribution in [1.29, 1.82) is 0 Å². The van der Waals surface area contributed by atoms with Gasteiger partial charge in [0.15, 0.2) is 60.0 Å². The summed E-state index contributed by atoms with van der Waals surface area (Å²) in [5, 5.41) is 14.8. The van der Waals surface area contributed by atoms with Crippen molar-refractivity contribution in [2.24, 2.45) is 77.5 Å². The molecule has 18 rings (SSSR count). The van der Waals surface area contributed by atoms with E-state index in [4.69, 9.17) is 4.42 Å². The van der Waals surface area contributed by atoms with Gasteiger partial charge in [0.1, 0.15) is 40.3 Å². The van der Waals surface area contributed by atoms with Gasteiger partial charge < -0.3 is 8.98 Å². The summed E-state index contributed by atoms with van der Waals surface area (Å²) in [7, 11) is 22.9. The van der Waals surface area contributed by atoms with Crippen molar-refractivity contribution in [3.05, 3.63) is 245 Å². The number of furan rings is 1. The van der Waals surface area contributed by atoms with Crippen molar-refractivity contribution in [3.8, 4) is 45.2 Å². The number of para-hydroxylation sites is 2. The van der Waals surface area contributed by atoms with E-state index in [1.54, 1.807) is 6.33 Å². The highest BCUT2D eigenvalue weighted by Crippen LogP contribution is 2.44. The molecule has 0 unspecified atom stereocenters. The summed E-state index contributed by atoms with van der Waals surface area (Å²) < 4.78 is 32.4. The van der Waals surface area contributed by atoms with Gasteiger partial charge in [0.25, 0.3) is 0 Å². The van der Waals surface area contributed by atoms with Gasteiger partial charge in [0.2, 0.25) is 5.52 Å². The fraction of sp³-hybridized carbons (Fsp3) is 0.451. The minimum atomic E-state index is 0.945. The summed E-state index contributed by atoms with van der Waals surface area (Å²) in [5.74, 6) is 0. The second-order valence-corrected chi connectivity index (χ2v) is 29.2. The molecule has 9 heterocycles. The molecule has 9 aromatic carbocycles. The van der Waals surface area contributed by atoms with Crippen LogP contribution in [0.4, 0.5) is 0 Å².